The molecule has 2 heterocycles. The number of fused-ring (bicyclic) bond motifs is 2. The molecule has 3 atom stereocenters. The monoisotopic (exact) mass is 354 g/mol. The Balaban J connectivity index is 2.06. The molecule has 23 heavy (non-hydrogen) atoms. The molecular formula is C18H27O3PS. The third-order valence-corrected chi connectivity index (χ3v) is 12.4. The van der Waals surface area contributed by atoms with Gasteiger partial charge >= 0.3 is 0 Å². The molecule has 0 spiro atoms. The molecule has 2 bridgehead atoms. The van der Waals surface area contributed by atoms with Gasteiger partial charge in [-0.2, -0.15) is 0 Å². The molecule has 3 rings (SSSR count). The Hall–Kier alpha value is -0.570. The molecule has 0 saturated carbocycles. The minimum Gasteiger partial charge on any atom is -0.497 e. The molecule has 3 nitrogen and oxygen atoms in total. The Labute approximate surface area is 144 Å². The van der Waals surface area contributed by atoms with Crippen LogP contribution in [-0.2, 0) is 11.8 Å². The normalized spacial score (nSPS) is 31.5. The van der Waals surface area contributed by atoms with Gasteiger partial charge in [-0.15, -0.1) is 0 Å². The molecule has 128 valence electrons. The predicted molar refractivity (Wildman–Crippen MR) is 98.8 cm³/mol. The number of hydrogen-bond acceptors (Lipinski definition) is 4. The van der Waals surface area contributed by atoms with Crippen LogP contribution in [0.2, 0.25) is 0 Å². The van der Waals surface area contributed by atoms with Crippen molar-refractivity contribution in [3.8, 4) is 11.5 Å². The van der Waals surface area contributed by atoms with E-state index in [9.17, 15) is 5.11 Å². The summed E-state index contributed by atoms with van der Waals surface area (Å²) in [7, 11) is 3.30. The summed E-state index contributed by atoms with van der Waals surface area (Å²) in [6.45, 7) is 2.02. The molecule has 0 amide bonds. The van der Waals surface area contributed by atoms with Crippen LogP contribution in [0, 0.1) is 6.92 Å². The van der Waals surface area contributed by atoms with Gasteiger partial charge in [-0.05, 0) is 61.6 Å². The van der Waals surface area contributed by atoms with E-state index in [0.29, 0.717) is 17.1 Å². The molecule has 2 aliphatic heterocycles. The number of benzene rings is 1. The molecule has 2 aliphatic rings. The lowest BCUT2D eigenvalue weighted by atomic mass is 10.0. The summed E-state index contributed by atoms with van der Waals surface area (Å²) in [6, 6.07) is 1.98. The zero-order chi connectivity index (χ0) is 16.6. The minimum atomic E-state index is -1.86. The summed E-state index contributed by atoms with van der Waals surface area (Å²) in [6.07, 6.45) is 7.34. The maximum Gasteiger partial charge on any atom is 0.129 e. The van der Waals surface area contributed by atoms with Gasteiger partial charge < -0.3 is 14.6 Å². The number of hydrogen-bond donors (Lipinski definition) is 1. The standard InChI is InChI=1S/C18H27O3PS/c1-12-10-13(20-2)11-16(21-3)17(12)18(19)22(23)14-6-4-5-7-15(22)9-8-14/h10-11,14-15,18-19H,4-9H2,1-3H3. The second-order valence-corrected chi connectivity index (χ2v) is 12.2. The van der Waals surface area contributed by atoms with Crippen molar-refractivity contribution in [3.63, 3.8) is 0 Å². The minimum absolute atomic E-state index is 0.547. The Kier molecular flexibility index (Phi) is 5.06. The van der Waals surface area contributed by atoms with Crippen molar-refractivity contribution in [2.45, 2.75) is 62.6 Å². The highest BCUT2D eigenvalue weighted by Gasteiger charge is 2.48. The van der Waals surface area contributed by atoms with E-state index in [1.54, 1.807) is 14.2 Å². The van der Waals surface area contributed by atoms with Crippen LogP contribution in [0.15, 0.2) is 12.1 Å². The van der Waals surface area contributed by atoms with Crippen molar-refractivity contribution in [1.82, 2.24) is 0 Å². The Bertz CT molecular complexity index is 613. The largest absolute Gasteiger partial charge is 0.497 e. The van der Waals surface area contributed by atoms with Crippen LogP contribution in [0.4, 0.5) is 0 Å². The third kappa shape index (κ3) is 2.83. The topological polar surface area (TPSA) is 38.7 Å². The number of methoxy groups -OCH3 is 2. The molecule has 3 unspecified atom stereocenters. The maximum atomic E-state index is 11.4. The molecule has 1 aromatic rings. The average molecular weight is 354 g/mol. The van der Waals surface area contributed by atoms with Gasteiger partial charge in [0.2, 0.25) is 0 Å². The van der Waals surface area contributed by atoms with E-state index in [1.807, 2.05) is 19.1 Å². The van der Waals surface area contributed by atoms with E-state index in [2.05, 4.69) is 0 Å². The van der Waals surface area contributed by atoms with Crippen molar-refractivity contribution in [2.24, 2.45) is 0 Å². The third-order valence-electron chi connectivity index (χ3n) is 5.72. The smallest absolute Gasteiger partial charge is 0.129 e. The lowest BCUT2D eigenvalue weighted by molar-refractivity contribution is 0.253. The van der Waals surface area contributed by atoms with Crippen molar-refractivity contribution < 1.29 is 14.6 Å². The molecule has 0 aliphatic carbocycles. The van der Waals surface area contributed by atoms with Gasteiger partial charge in [0, 0.05) is 11.6 Å². The summed E-state index contributed by atoms with van der Waals surface area (Å²) in [5.74, 6) is 0.923. The second-order valence-electron chi connectivity index (χ2n) is 6.87. The Morgan fingerprint density at radius 3 is 2.22 bits per heavy atom. The Morgan fingerprint density at radius 1 is 1.09 bits per heavy atom. The predicted octanol–water partition coefficient (Wildman–Crippen LogP) is 4.59. The summed E-state index contributed by atoms with van der Waals surface area (Å²) in [4.78, 5) is 0. The quantitative estimate of drug-likeness (QED) is 0.803. The zero-order valence-electron chi connectivity index (χ0n) is 14.2. The molecule has 1 N–H and O–H groups in total. The fourth-order valence-corrected chi connectivity index (χ4v) is 10.5. The first-order chi connectivity index (χ1) is 11.0. The van der Waals surface area contributed by atoms with Crippen molar-refractivity contribution in [1.29, 1.82) is 0 Å². The number of aliphatic hydroxyl groups excluding tert-OH is 1. The van der Waals surface area contributed by atoms with Gasteiger partial charge in [0.1, 0.15) is 17.3 Å². The average Bonchev–Trinajstić information content (AvgIpc) is 2.74. The fraction of sp³-hybridized carbons (Fsp3) is 0.667. The van der Waals surface area contributed by atoms with Crippen LogP contribution < -0.4 is 9.47 Å². The number of aliphatic hydroxyl groups is 1. The van der Waals surface area contributed by atoms with Gasteiger partial charge in [0.15, 0.2) is 0 Å². The fourth-order valence-electron chi connectivity index (χ4n) is 4.49. The summed E-state index contributed by atoms with van der Waals surface area (Å²) < 4.78 is 10.9. The SMILES string of the molecule is COc1cc(C)c(C(O)P2(=S)C3CCCCC2CC3)c(OC)c1. The molecular weight excluding hydrogens is 327 g/mol. The van der Waals surface area contributed by atoms with Gasteiger partial charge in [-0.25, -0.2) is 0 Å². The van der Waals surface area contributed by atoms with Crippen LogP contribution >= 0.6 is 6.04 Å². The Morgan fingerprint density at radius 2 is 1.70 bits per heavy atom. The van der Waals surface area contributed by atoms with E-state index in [4.69, 9.17) is 21.3 Å². The van der Waals surface area contributed by atoms with Gasteiger partial charge in [0.25, 0.3) is 0 Å². The van der Waals surface area contributed by atoms with Gasteiger partial charge in [-0.3, -0.25) is 0 Å². The van der Waals surface area contributed by atoms with Crippen molar-refractivity contribution >= 4 is 17.8 Å². The maximum absolute atomic E-state index is 11.4. The zero-order valence-corrected chi connectivity index (χ0v) is 16.0. The first-order valence-corrected chi connectivity index (χ1v) is 11.5. The second kappa shape index (κ2) is 6.74. The van der Waals surface area contributed by atoms with Gasteiger partial charge in [0.05, 0.1) is 14.2 Å². The van der Waals surface area contributed by atoms with E-state index in [-0.39, 0.29) is 0 Å². The first-order valence-electron chi connectivity index (χ1n) is 8.52. The van der Waals surface area contributed by atoms with Crippen molar-refractivity contribution in [3.05, 3.63) is 23.3 Å². The van der Waals surface area contributed by atoms with Crippen LogP contribution in [0.1, 0.15) is 55.5 Å². The van der Waals surface area contributed by atoms with E-state index in [1.165, 1.54) is 38.5 Å². The molecule has 0 aromatic heterocycles. The molecule has 2 saturated heterocycles. The lowest BCUT2D eigenvalue weighted by Crippen LogP contribution is -2.15. The highest BCUT2D eigenvalue weighted by Crippen LogP contribution is 2.74. The number of aryl methyl sites for hydroxylation is 1. The van der Waals surface area contributed by atoms with E-state index in [0.717, 1.165) is 16.9 Å². The summed E-state index contributed by atoms with van der Waals surface area (Å²) in [5.41, 5.74) is 3.01. The number of rotatable bonds is 4. The van der Waals surface area contributed by atoms with Crippen LogP contribution in [0.3, 0.4) is 0 Å². The molecule has 5 heteroatoms. The molecule has 2 fully saturated rings. The van der Waals surface area contributed by atoms with Crippen molar-refractivity contribution in [2.75, 3.05) is 14.2 Å². The van der Waals surface area contributed by atoms with Crippen LogP contribution in [0.25, 0.3) is 0 Å². The first kappa shape index (κ1) is 17.3. The summed E-state index contributed by atoms with van der Waals surface area (Å²) in [5, 5.41) is 11.4. The highest BCUT2D eigenvalue weighted by molar-refractivity contribution is 8.15. The number of ether oxygens (including phenoxy) is 2. The molecule has 1 aromatic carbocycles. The molecule has 0 radical (unpaired) electrons. The van der Waals surface area contributed by atoms with E-state index < -0.39 is 11.9 Å². The van der Waals surface area contributed by atoms with Crippen LogP contribution in [-0.4, -0.2) is 30.6 Å². The van der Waals surface area contributed by atoms with Crippen LogP contribution in [0.5, 0.6) is 11.5 Å². The lowest BCUT2D eigenvalue weighted by Gasteiger charge is -2.34. The van der Waals surface area contributed by atoms with Gasteiger partial charge in [-0.1, -0.05) is 24.6 Å². The highest BCUT2D eigenvalue weighted by atomic mass is 32.4. The summed E-state index contributed by atoms with van der Waals surface area (Å²) >= 11 is 6.26. The van der Waals surface area contributed by atoms with E-state index >= 15 is 0 Å².